The summed E-state index contributed by atoms with van der Waals surface area (Å²) in [6.45, 7) is 36.9. The molecule has 2 aromatic carbocycles. The molecule has 1 aliphatic rings. The fourth-order valence-corrected chi connectivity index (χ4v) is 5.50. The molecule has 230 valence electrons. The van der Waals surface area contributed by atoms with Crippen LogP contribution in [0.15, 0.2) is 78.4 Å². The second-order valence-electron chi connectivity index (χ2n) is 16.0. The Morgan fingerprint density at radius 3 is 1.55 bits per heavy atom. The smallest absolute Gasteiger partial charge is 0.139 e. The van der Waals surface area contributed by atoms with Gasteiger partial charge in [-0.3, -0.25) is 0 Å². The molecule has 0 aliphatic carbocycles. The molecule has 0 amide bonds. The van der Waals surface area contributed by atoms with Crippen molar-refractivity contribution >= 4 is 5.70 Å². The van der Waals surface area contributed by atoms with Gasteiger partial charge >= 0.3 is 0 Å². The summed E-state index contributed by atoms with van der Waals surface area (Å²) < 4.78 is 0. The molecule has 3 rings (SSSR count). The number of allylic oxidation sites excluding steroid dienone is 6. The topological polar surface area (TPSA) is 38.0 Å². The van der Waals surface area contributed by atoms with Crippen molar-refractivity contribution in [1.29, 1.82) is 0 Å². The quantitative estimate of drug-likeness (QED) is 0.361. The molecular weight excluding hydrogens is 508 g/mol. The molecule has 1 heterocycles. The van der Waals surface area contributed by atoms with E-state index < -0.39 is 5.66 Å². The third kappa shape index (κ3) is 7.95. The Kier molecular flexibility index (Phi) is 10.4. The first kappa shape index (κ1) is 35.4. The van der Waals surface area contributed by atoms with Crippen LogP contribution in [0, 0.1) is 17.8 Å². The van der Waals surface area contributed by atoms with E-state index in [9.17, 15) is 0 Å². The first-order chi connectivity index (χ1) is 19.0. The normalized spacial score (nSPS) is 19.2. The Morgan fingerprint density at radius 2 is 1.17 bits per heavy atom. The highest BCUT2D eigenvalue weighted by Gasteiger charge is 2.41. The molecule has 2 aromatic rings. The monoisotopic (exact) mass is 568 g/mol. The average molecular weight is 569 g/mol. The zero-order chi connectivity index (χ0) is 32.5. The van der Waals surface area contributed by atoms with Crippen LogP contribution in [0.1, 0.15) is 130 Å². The molecule has 0 unspecified atom stereocenters. The highest BCUT2D eigenvalue weighted by Crippen LogP contribution is 2.43. The first-order valence-electron chi connectivity index (χ1n) is 15.5. The number of fused-ring (bicyclic) bond motifs is 1. The number of nitrogens with two attached hydrogens (primary N) is 1. The van der Waals surface area contributed by atoms with E-state index in [1.54, 1.807) is 0 Å². The maximum atomic E-state index is 7.36. The van der Waals surface area contributed by atoms with Crippen LogP contribution in [0.25, 0.3) is 5.70 Å². The third-order valence-electron chi connectivity index (χ3n) is 8.33. The second-order valence-corrected chi connectivity index (χ2v) is 16.0. The van der Waals surface area contributed by atoms with Crippen molar-refractivity contribution in [2.24, 2.45) is 16.6 Å². The Hall–Kier alpha value is -2.84. The molecule has 0 spiro atoms. The molecule has 1 atom stereocenters. The summed E-state index contributed by atoms with van der Waals surface area (Å²) in [5, 5.41) is 3.78. The molecule has 0 saturated heterocycles. The number of hydrogen-bond acceptors (Lipinski definition) is 2. The van der Waals surface area contributed by atoms with E-state index >= 15 is 0 Å². The van der Waals surface area contributed by atoms with Crippen LogP contribution in [-0.4, -0.2) is 0 Å². The first-order valence-corrected chi connectivity index (χ1v) is 15.5. The molecule has 0 fully saturated rings. The highest BCUT2D eigenvalue weighted by molar-refractivity contribution is 5.78. The van der Waals surface area contributed by atoms with E-state index in [1.807, 2.05) is 13.0 Å². The summed E-state index contributed by atoms with van der Waals surface area (Å²) >= 11 is 0. The fraction of sp³-hybridized carbons (Fsp3) is 0.500. The van der Waals surface area contributed by atoms with Gasteiger partial charge in [-0.1, -0.05) is 144 Å². The predicted molar refractivity (Wildman–Crippen MR) is 188 cm³/mol. The van der Waals surface area contributed by atoms with Gasteiger partial charge in [0.15, 0.2) is 0 Å². The maximum absolute atomic E-state index is 7.36. The maximum Gasteiger partial charge on any atom is 0.139 e. The minimum atomic E-state index is -0.787. The zero-order valence-corrected chi connectivity index (χ0v) is 29.6. The van der Waals surface area contributed by atoms with Gasteiger partial charge in [0.05, 0.1) is 0 Å². The molecule has 1 aliphatic heterocycles. The number of hydrogen-bond donors (Lipinski definition) is 2. The van der Waals surface area contributed by atoms with Gasteiger partial charge in [0.25, 0.3) is 0 Å². The number of nitrogens with one attached hydrogen (secondary N) is 1. The van der Waals surface area contributed by atoms with Crippen molar-refractivity contribution in [1.82, 2.24) is 5.32 Å². The van der Waals surface area contributed by atoms with Crippen LogP contribution in [0.2, 0.25) is 0 Å². The van der Waals surface area contributed by atoms with Gasteiger partial charge in [-0.05, 0) is 81.9 Å². The molecule has 0 aromatic heterocycles. The number of aryl methyl sites for hydroxylation is 1. The lowest BCUT2D eigenvalue weighted by atomic mass is 9.79. The van der Waals surface area contributed by atoms with Gasteiger partial charge in [-0.25, -0.2) is 0 Å². The molecule has 2 nitrogen and oxygen atoms in total. The van der Waals surface area contributed by atoms with Gasteiger partial charge in [0.1, 0.15) is 5.66 Å². The SMILES string of the molecule is C/C=C(\C=C1/N[C@@](N)(c2cc(C(C)(C)C)ccc2C)c2cc(C(C)(C)C)ccc21)C(C)(C)C.C=C/C(=C\C)C(C)(C)C. The molecular formula is C40H60N2. The van der Waals surface area contributed by atoms with Gasteiger partial charge in [0.2, 0.25) is 0 Å². The van der Waals surface area contributed by atoms with Crippen LogP contribution < -0.4 is 11.1 Å². The van der Waals surface area contributed by atoms with Crippen LogP contribution in [0.4, 0.5) is 0 Å². The number of rotatable bonds is 3. The summed E-state index contributed by atoms with van der Waals surface area (Å²) in [4.78, 5) is 0. The van der Waals surface area contributed by atoms with Crippen molar-refractivity contribution < 1.29 is 0 Å². The second kappa shape index (κ2) is 12.4. The Balaban J connectivity index is 0.000000592. The fourth-order valence-electron chi connectivity index (χ4n) is 5.50. The predicted octanol–water partition coefficient (Wildman–Crippen LogP) is 10.9. The van der Waals surface area contributed by atoms with Gasteiger partial charge in [0, 0.05) is 16.8 Å². The standard InChI is InChI=1S/C31H44N2.C9H16/c1-12-21(28(3,4)5)19-27-24-16-15-23(30(9,10)11)18-26(24)31(32,33-27)25-17-22(29(6,7)8)14-13-20(25)2;1-6-8(7-2)9(3,4)5/h12-19,33H,32H2,1-11H3;6-7H,1H2,2-5H3/b21-12+,27-19-;8-7+/t31-;/m0./s1. The third-order valence-corrected chi connectivity index (χ3v) is 8.33. The summed E-state index contributed by atoms with van der Waals surface area (Å²) in [6, 6.07) is 13.6. The minimum absolute atomic E-state index is 0.0462. The van der Waals surface area contributed by atoms with Gasteiger partial charge < -0.3 is 11.1 Å². The van der Waals surface area contributed by atoms with Crippen LogP contribution in [0.3, 0.4) is 0 Å². The van der Waals surface area contributed by atoms with Crippen LogP contribution >= 0.6 is 0 Å². The average Bonchev–Trinajstić information content (AvgIpc) is 3.13. The van der Waals surface area contributed by atoms with E-state index in [1.165, 1.54) is 33.4 Å². The lowest BCUT2D eigenvalue weighted by molar-refractivity contribution is 0.498. The molecule has 0 saturated carbocycles. The lowest BCUT2D eigenvalue weighted by Gasteiger charge is -2.32. The molecule has 3 N–H and O–H groups in total. The van der Waals surface area contributed by atoms with Gasteiger partial charge in [-0.2, -0.15) is 0 Å². The summed E-state index contributed by atoms with van der Waals surface area (Å²) in [5.41, 5.74) is 18.0. The molecule has 0 bridgehead atoms. The zero-order valence-electron chi connectivity index (χ0n) is 29.6. The molecule has 42 heavy (non-hydrogen) atoms. The Bertz CT molecular complexity index is 1370. The Morgan fingerprint density at radius 1 is 0.714 bits per heavy atom. The summed E-state index contributed by atoms with van der Waals surface area (Å²) in [7, 11) is 0. The van der Waals surface area contributed by atoms with E-state index in [0.717, 1.165) is 16.8 Å². The number of benzene rings is 2. The van der Waals surface area contributed by atoms with E-state index in [4.69, 9.17) is 5.73 Å². The van der Waals surface area contributed by atoms with Crippen molar-refractivity contribution in [2.45, 2.75) is 120 Å². The van der Waals surface area contributed by atoms with Crippen molar-refractivity contribution in [3.05, 3.63) is 112 Å². The van der Waals surface area contributed by atoms with Crippen molar-refractivity contribution in [3.63, 3.8) is 0 Å². The lowest BCUT2D eigenvalue weighted by Crippen LogP contribution is -2.47. The minimum Gasteiger partial charge on any atom is -0.359 e. The largest absolute Gasteiger partial charge is 0.359 e. The van der Waals surface area contributed by atoms with E-state index in [2.05, 4.69) is 163 Å². The van der Waals surface area contributed by atoms with E-state index in [-0.39, 0.29) is 21.7 Å². The van der Waals surface area contributed by atoms with E-state index in [0.29, 0.717) is 0 Å². The molecule has 2 heteroatoms. The molecule has 0 radical (unpaired) electrons. The van der Waals surface area contributed by atoms with Crippen LogP contribution in [-0.2, 0) is 16.5 Å². The Labute approximate surface area is 259 Å². The summed E-state index contributed by atoms with van der Waals surface area (Å²) in [5.74, 6) is 0. The van der Waals surface area contributed by atoms with Gasteiger partial charge in [-0.15, -0.1) is 0 Å². The van der Waals surface area contributed by atoms with Crippen LogP contribution in [0.5, 0.6) is 0 Å². The highest BCUT2D eigenvalue weighted by atomic mass is 15.1. The van der Waals surface area contributed by atoms with Crippen molar-refractivity contribution in [2.75, 3.05) is 0 Å². The summed E-state index contributed by atoms with van der Waals surface area (Å²) in [6.07, 6.45) is 8.51. The van der Waals surface area contributed by atoms with Crippen molar-refractivity contribution in [3.8, 4) is 0 Å².